The molecule has 0 aliphatic rings. The normalized spacial score (nSPS) is 10.2. The number of rotatable bonds is 5. The maximum atomic E-state index is 12.2. The van der Waals surface area contributed by atoms with Gasteiger partial charge in [0.1, 0.15) is 12.2 Å². The van der Waals surface area contributed by atoms with E-state index in [-0.39, 0.29) is 18.8 Å². The van der Waals surface area contributed by atoms with Gasteiger partial charge in [-0.3, -0.25) is 14.4 Å². The van der Waals surface area contributed by atoms with Crippen LogP contribution in [0, 0.1) is 6.92 Å². The Balaban J connectivity index is 2.15. The molecule has 1 heterocycles. The van der Waals surface area contributed by atoms with Crippen molar-refractivity contribution in [2.45, 2.75) is 20.4 Å². The molecule has 0 aliphatic carbocycles. The summed E-state index contributed by atoms with van der Waals surface area (Å²) in [6.07, 6.45) is 0. The number of ether oxygens (including phenoxy) is 1. The van der Waals surface area contributed by atoms with E-state index in [9.17, 15) is 14.4 Å². The predicted molar refractivity (Wildman–Crippen MR) is 84.3 cm³/mol. The third kappa shape index (κ3) is 4.50. The number of anilines is 1. The van der Waals surface area contributed by atoms with E-state index >= 15 is 0 Å². The molecule has 7 heteroatoms. The molecule has 1 N–H and O–H groups in total. The number of aromatic nitrogens is 2. The van der Waals surface area contributed by atoms with Crippen LogP contribution in [0.15, 0.2) is 41.2 Å². The minimum absolute atomic E-state index is 0.0365. The fraction of sp³-hybridized carbons (Fsp3) is 0.250. The van der Waals surface area contributed by atoms with Gasteiger partial charge in [0.15, 0.2) is 0 Å². The van der Waals surface area contributed by atoms with E-state index in [2.05, 4.69) is 10.4 Å². The third-order valence-electron chi connectivity index (χ3n) is 2.99. The molecule has 23 heavy (non-hydrogen) atoms. The van der Waals surface area contributed by atoms with E-state index in [4.69, 9.17) is 4.74 Å². The second-order valence-electron chi connectivity index (χ2n) is 4.84. The van der Waals surface area contributed by atoms with E-state index in [0.717, 1.165) is 10.2 Å². The van der Waals surface area contributed by atoms with Crippen molar-refractivity contribution in [2.75, 3.05) is 11.9 Å². The highest BCUT2D eigenvalue weighted by atomic mass is 16.5. The highest BCUT2D eigenvalue weighted by Crippen LogP contribution is 2.09. The predicted octanol–water partition coefficient (Wildman–Crippen LogP) is 1.37. The molecule has 0 saturated carbocycles. The van der Waals surface area contributed by atoms with Crippen molar-refractivity contribution >= 4 is 17.6 Å². The van der Waals surface area contributed by atoms with Gasteiger partial charge in [0.2, 0.25) is 0 Å². The molecule has 1 aromatic carbocycles. The van der Waals surface area contributed by atoms with E-state index in [1.165, 1.54) is 12.1 Å². The van der Waals surface area contributed by atoms with Gasteiger partial charge in [0.05, 0.1) is 6.61 Å². The lowest BCUT2D eigenvalue weighted by Crippen LogP contribution is -2.29. The van der Waals surface area contributed by atoms with Gasteiger partial charge in [-0.2, -0.15) is 5.10 Å². The zero-order valence-corrected chi connectivity index (χ0v) is 12.9. The zero-order chi connectivity index (χ0) is 16.8. The summed E-state index contributed by atoms with van der Waals surface area (Å²) in [7, 11) is 0. The van der Waals surface area contributed by atoms with Crippen molar-refractivity contribution in [3.05, 3.63) is 58.0 Å². The molecule has 2 aromatic rings. The summed E-state index contributed by atoms with van der Waals surface area (Å²) in [5.74, 6) is -1.05. The molecule has 0 saturated heterocycles. The van der Waals surface area contributed by atoms with Gasteiger partial charge in [0, 0.05) is 11.8 Å². The van der Waals surface area contributed by atoms with Gasteiger partial charge in [-0.05, 0) is 32.0 Å². The molecular formula is C16H17N3O4. The van der Waals surface area contributed by atoms with Gasteiger partial charge in [0.25, 0.3) is 11.5 Å². The largest absolute Gasteiger partial charge is 0.465 e. The molecule has 2 rings (SSSR count). The van der Waals surface area contributed by atoms with Crippen LogP contribution in [0.3, 0.4) is 0 Å². The van der Waals surface area contributed by atoms with E-state index in [0.29, 0.717) is 5.69 Å². The molecule has 0 unspecified atom stereocenters. The quantitative estimate of drug-likeness (QED) is 0.842. The number of aryl methyl sites for hydroxylation is 1. The Bertz CT molecular complexity index is 766. The van der Waals surface area contributed by atoms with Crippen LogP contribution in [0.2, 0.25) is 0 Å². The number of hydrogen-bond acceptors (Lipinski definition) is 5. The van der Waals surface area contributed by atoms with Crippen molar-refractivity contribution in [1.29, 1.82) is 0 Å². The van der Waals surface area contributed by atoms with Crippen LogP contribution in [0.25, 0.3) is 0 Å². The smallest absolute Gasteiger partial charge is 0.327 e. The maximum absolute atomic E-state index is 12.2. The average Bonchev–Trinajstić information content (AvgIpc) is 2.52. The van der Waals surface area contributed by atoms with Crippen LogP contribution < -0.4 is 10.9 Å². The standard InChI is InChI=1S/C16H17N3O4/c1-3-23-15(21)10-19-14(20)9-8-13(18-19)16(22)17-12-6-4-11(2)5-7-12/h4-9H,3,10H2,1-2H3,(H,17,22). The summed E-state index contributed by atoms with van der Waals surface area (Å²) >= 11 is 0. The monoisotopic (exact) mass is 315 g/mol. The molecule has 0 spiro atoms. The molecular weight excluding hydrogens is 298 g/mol. The number of esters is 1. The first-order valence-electron chi connectivity index (χ1n) is 7.11. The number of nitrogens with one attached hydrogen (secondary N) is 1. The van der Waals surface area contributed by atoms with Crippen molar-refractivity contribution in [1.82, 2.24) is 9.78 Å². The fourth-order valence-electron chi connectivity index (χ4n) is 1.84. The Morgan fingerprint density at radius 1 is 1.17 bits per heavy atom. The topological polar surface area (TPSA) is 90.3 Å². The highest BCUT2D eigenvalue weighted by molar-refractivity contribution is 6.02. The van der Waals surface area contributed by atoms with Gasteiger partial charge in [-0.15, -0.1) is 0 Å². The maximum Gasteiger partial charge on any atom is 0.327 e. The number of benzene rings is 1. The van der Waals surface area contributed by atoms with Crippen molar-refractivity contribution in [3.8, 4) is 0 Å². The van der Waals surface area contributed by atoms with Crippen LogP contribution in [-0.4, -0.2) is 28.3 Å². The SMILES string of the molecule is CCOC(=O)Cn1nc(C(=O)Nc2ccc(C)cc2)ccc1=O. The summed E-state index contributed by atoms with van der Waals surface area (Å²) in [6, 6.07) is 9.77. The fourth-order valence-corrected chi connectivity index (χ4v) is 1.84. The molecule has 0 aliphatic heterocycles. The molecule has 0 atom stereocenters. The van der Waals surface area contributed by atoms with Gasteiger partial charge in [-0.25, -0.2) is 4.68 Å². The van der Waals surface area contributed by atoms with Crippen LogP contribution in [0.5, 0.6) is 0 Å². The van der Waals surface area contributed by atoms with Gasteiger partial charge < -0.3 is 10.1 Å². The lowest BCUT2D eigenvalue weighted by atomic mass is 10.2. The number of amides is 1. The summed E-state index contributed by atoms with van der Waals surface area (Å²) in [5, 5.41) is 6.58. The second kappa shape index (κ2) is 7.35. The summed E-state index contributed by atoms with van der Waals surface area (Å²) < 4.78 is 5.67. The van der Waals surface area contributed by atoms with Gasteiger partial charge in [-0.1, -0.05) is 17.7 Å². The highest BCUT2D eigenvalue weighted by Gasteiger charge is 2.12. The molecule has 1 aromatic heterocycles. The Labute approximate surface area is 132 Å². The number of carbonyl (C=O) groups is 2. The number of nitrogens with zero attached hydrogens (tertiary/aromatic N) is 2. The number of carbonyl (C=O) groups excluding carboxylic acids is 2. The Morgan fingerprint density at radius 2 is 1.87 bits per heavy atom. The van der Waals surface area contributed by atoms with Crippen LogP contribution in [0.1, 0.15) is 23.0 Å². The van der Waals surface area contributed by atoms with E-state index in [1.807, 2.05) is 19.1 Å². The Kier molecular flexibility index (Phi) is 5.24. The molecule has 120 valence electrons. The molecule has 7 nitrogen and oxygen atoms in total. The van der Waals surface area contributed by atoms with Gasteiger partial charge >= 0.3 is 5.97 Å². The van der Waals surface area contributed by atoms with E-state index < -0.39 is 17.4 Å². The summed E-state index contributed by atoms with van der Waals surface area (Å²) in [5.41, 5.74) is 1.24. The van der Waals surface area contributed by atoms with Crippen LogP contribution in [0.4, 0.5) is 5.69 Å². The molecule has 0 fully saturated rings. The minimum Gasteiger partial charge on any atom is -0.465 e. The minimum atomic E-state index is -0.585. The first-order valence-corrected chi connectivity index (χ1v) is 7.11. The van der Waals surface area contributed by atoms with Crippen LogP contribution >= 0.6 is 0 Å². The lowest BCUT2D eigenvalue weighted by Gasteiger charge is -2.08. The second-order valence-corrected chi connectivity index (χ2v) is 4.84. The zero-order valence-electron chi connectivity index (χ0n) is 12.9. The van der Waals surface area contributed by atoms with E-state index in [1.54, 1.807) is 19.1 Å². The molecule has 1 amide bonds. The van der Waals surface area contributed by atoms with Crippen molar-refractivity contribution in [2.24, 2.45) is 0 Å². The summed E-state index contributed by atoms with van der Waals surface area (Å²) in [6.45, 7) is 3.48. The average molecular weight is 315 g/mol. The number of hydrogen-bond donors (Lipinski definition) is 1. The van der Waals surface area contributed by atoms with Crippen molar-refractivity contribution < 1.29 is 14.3 Å². The lowest BCUT2D eigenvalue weighted by molar-refractivity contribution is -0.144. The first kappa shape index (κ1) is 16.4. The van der Waals surface area contributed by atoms with Crippen LogP contribution in [-0.2, 0) is 16.1 Å². The Morgan fingerprint density at radius 3 is 2.52 bits per heavy atom. The summed E-state index contributed by atoms with van der Waals surface area (Å²) in [4.78, 5) is 35.3. The third-order valence-corrected chi connectivity index (χ3v) is 2.99. The van der Waals surface area contributed by atoms with Crippen molar-refractivity contribution in [3.63, 3.8) is 0 Å². The Hall–Kier alpha value is -2.96. The molecule has 0 radical (unpaired) electrons. The first-order chi connectivity index (χ1) is 11.0. The molecule has 0 bridgehead atoms.